The summed E-state index contributed by atoms with van der Waals surface area (Å²) in [5.74, 6) is -0.454. The van der Waals surface area contributed by atoms with E-state index in [4.69, 9.17) is 23.8 Å². The Kier molecular flexibility index (Phi) is 4.57. The van der Waals surface area contributed by atoms with Crippen LogP contribution in [0.4, 0.5) is 10.1 Å². The molecule has 1 aromatic carbocycles. The molecule has 0 aliphatic heterocycles. The molecule has 106 valence electrons. The second kappa shape index (κ2) is 6.19. The average Bonchev–Trinajstić information content (AvgIpc) is 2.79. The molecule has 0 atom stereocenters. The minimum absolute atomic E-state index is 0.0604. The second-order valence-electron chi connectivity index (χ2n) is 4.40. The summed E-state index contributed by atoms with van der Waals surface area (Å²) >= 11 is 11.0. The molecular weight excluding hydrogens is 299 g/mol. The Labute approximate surface area is 127 Å². The summed E-state index contributed by atoms with van der Waals surface area (Å²) < 4.78 is 14.8. The zero-order chi connectivity index (χ0) is 14.7. The molecule has 0 bridgehead atoms. The van der Waals surface area contributed by atoms with Gasteiger partial charge in [0.25, 0.3) is 0 Å². The van der Waals surface area contributed by atoms with Crippen LogP contribution in [-0.4, -0.2) is 26.8 Å². The Morgan fingerprint density at radius 2 is 2.25 bits per heavy atom. The molecule has 0 saturated carbocycles. The van der Waals surface area contributed by atoms with Crippen LogP contribution in [0.3, 0.4) is 0 Å². The molecule has 1 N–H and O–H groups in total. The van der Waals surface area contributed by atoms with Crippen LogP contribution in [0.2, 0.25) is 5.02 Å². The van der Waals surface area contributed by atoms with E-state index in [2.05, 4.69) is 10.4 Å². The highest BCUT2D eigenvalue weighted by Crippen LogP contribution is 2.19. The first-order chi connectivity index (χ1) is 9.45. The number of aromatic nitrogens is 2. The highest BCUT2D eigenvalue weighted by Gasteiger charge is 2.08. The van der Waals surface area contributed by atoms with Gasteiger partial charge in [-0.05, 0) is 36.5 Å². The number of nitrogens with one attached hydrogen (secondary N) is 1. The Bertz CT molecular complexity index is 629. The van der Waals surface area contributed by atoms with E-state index in [0.29, 0.717) is 17.3 Å². The lowest BCUT2D eigenvalue weighted by atomic mass is 10.3. The first kappa shape index (κ1) is 14.7. The molecule has 1 heterocycles. The van der Waals surface area contributed by atoms with Gasteiger partial charge in [-0.15, -0.1) is 0 Å². The summed E-state index contributed by atoms with van der Waals surface area (Å²) in [7, 11) is 3.72. The lowest BCUT2D eigenvalue weighted by Gasteiger charge is -2.20. The highest BCUT2D eigenvalue weighted by molar-refractivity contribution is 7.80. The van der Waals surface area contributed by atoms with Crippen molar-refractivity contribution in [1.29, 1.82) is 0 Å². The topological polar surface area (TPSA) is 33.1 Å². The predicted molar refractivity (Wildman–Crippen MR) is 82.3 cm³/mol. The van der Waals surface area contributed by atoms with Crippen molar-refractivity contribution in [1.82, 2.24) is 14.7 Å². The van der Waals surface area contributed by atoms with E-state index >= 15 is 0 Å². The van der Waals surface area contributed by atoms with Crippen molar-refractivity contribution in [2.75, 3.05) is 12.4 Å². The van der Waals surface area contributed by atoms with Crippen molar-refractivity contribution in [3.8, 4) is 0 Å². The van der Waals surface area contributed by atoms with Gasteiger partial charge in [0.15, 0.2) is 5.11 Å². The van der Waals surface area contributed by atoms with E-state index in [9.17, 15) is 4.39 Å². The van der Waals surface area contributed by atoms with Gasteiger partial charge < -0.3 is 10.2 Å². The summed E-state index contributed by atoms with van der Waals surface area (Å²) in [4.78, 5) is 1.84. The number of thiocarbonyl (C=S) groups is 1. The molecule has 7 heteroatoms. The normalized spacial score (nSPS) is 10.4. The fraction of sp³-hybridized carbons (Fsp3) is 0.231. The molecule has 0 aliphatic rings. The maximum absolute atomic E-state index is 13.1. The molecule has 2 aromatic rings. The third kappa shape index (κ3) is 3.68. The van der Waals surface area contributed by atoms with E-state index in [1.807, 2.05) is 31.3 Å². The van der Waals surface area contributed by atoms with Gasteiger partial charge in [-0.1, -0.05) is 11.6 Å². The zero-order valence-corrected chi connectivity index (χ0v) is 12.7. The first-order valence-corrected chi connectivity index (χ1v) is 6.70. The third-order valence-electron chi connectivity index (χ3n) is 2.69. The number of anilines is 1. The largest absolute Gasteiger partial charge is 0.346 e. The standard InChI is InChI=1S/C13H14ClFN4S/c1-18(8-10-5-6-19(2)17-10)13(20)16-9-3-4-12(15)11(14)7-9/h3-7H,8H2,1-2H3,(H,16,20). The Morgan fingerprint density at radius 1 is 1.50 bits per heavy atom. The van der Waals surface area contributed by atoms with E-state index in [0.717, 1.165) is 5.69 Å². The third-order valence-corrected chi connectivity index (χ3v) is 3.39. The molecule has 20 heavy (non-hydrogen) atoms. The van der Waals surface area contributed by atoms with Crippen LogP contribution < -0.4 is 5.32 Å². The number of hydrogen-bond donors (Lipinski definition) is 1. The van der Waals surface area contributed by atoms with Crippen molar-refractivity contribution >= 4 is 34.6 Å². The Hall–Kier alpha value is -1.66. The Morgan fingerprint density at radius 3 is 2.85 bits per heavy atom. The monoisotopic (exact) mass is 312 g/mol. The van der Waals surface area contributed by atoms with Crippen LogP contribution >= 0.6 is 23.8 Å². The average molecular weight is 313 g/mol. The SMILES string of the molecule is CN(Cc1ccn(C)n1)C(=S)Nc1ccc(F)c(Cl)c1. The van der Waals surface area contributed by atoms with Crippen molar-refractivity contribution in [2.24, 2.45) is 7.05 Å². The van der Waals surface area contributed by atoms with Crippen molar-refractivity contribution < 1.29 is 4.39 Å². The van der Waals surface area contributed by atoms with Gasteiger partial charge in [-0.25, -0.2) is 4.39 Å². The molecule has 2 rings (SSSR count). The van der Waals surface area contributed by atoms with Crippen LogP contribution in [0.5, 0.6) is 0 Å². The molecule has 1 aromatic heterocycles. The quantitative estimate of drug-likeness (QED) is 0.883. The number of hydrogen-bond acceptors (Lipinski definition) is 2. The van der Waals surface area contributed by atoms with Gasteiger partial charge >= 0.3 is 0 Å². The summed E-state index contributed by atoms with van der Waals surface area (Å²) in [6, 6.07) is 6.31. The number of nitrogens with zero attached hydrogens (tertiary/aromatic N) is 3. The van der Waals surface area contributed by atoms with Crippen LogP contribution in [0.15, 0.2) is 30.5 Å². The highest BCUT2D eigenvalue weighted by atomic mass is 35.5. The summed E-state index contributed by atoms with van der Waals surface area (Å²) in [5, 5.41) is 7.86. The predicted octanol–water partition coefficient (Wildman–Crippen LogP) is 3.04. The van der Waals surface area contributed by atoms with E-state index in [1.54, 1.807) is 10.7 Å². The molecule has 0 radical (unpaired) electrons. The van der Waals surface area contributed by atoms with Crippen LogP contribution in [0.1, 0.15) is 5.69 Å². The molecule has 0 amide bonds. The summed E-state index contributed by atoms with van der Waals surface area (Å²) in [6.45, 7) is 0.585. The minimum atomic E-state index is -0.454. The van der Waals surface area contributed by atoms with Crippen LogP contribution in [0.25, 0.3) is 0 Å². The van der Waals surface area contributed by atoms with Gasteiger partial charge in [0, 0.05) is 26.0 Å². The second-order valence-corrected chi connectivity index (χ2v) is 5.19. The fourth-order valence-corrected chi connectivity index (χ4v) is 2.02. The van der Waals surface area contributed by atoms with Gasteiger partial charge in [0.1, 0.15) is 5.82 Å². The smallest absolute Gasteiger partial charge is 0.173 e. The molecular formula is C13H14ClFN4S. The zero-order valence-electron chi connectivity index (χ0n) is 11.1. The lowest BCUT2D eigenvalue weighted by molar-refractivity contribution is 0.495. The van der Waals surface area contributed by atoms with Gasteiger partial charge in [0.2, 0.25) is 0 Å². The Balaban J connectivity index is 1.98. The summed E-state index contributed by atoms with van der Waals surface area (Å²) in [5.41, 5.74) is 1.56. The fourth-order valence-electron chi connectivity index (χ4n) is 1.66. The van der Waals surface area contributed by atoms with Gasteiger partial charge in [-0.2, -0.15) is 5.10 Å². The van der Waals surface area contributed by atoms with Crippen molar-refractivity contribution in [3.05, 3.63) is 47.0 Å². The number of aryl methyl sites for hydroxylation is 1. The van der Waals surface area contributed by atoms with Gasteiger partial charge in [0.05, 0.1) is 17.3 Å². The van der Waals surface area contributed by atoms with E-state index in [1.165, 1.54) is 12.1 Å². The summed E-state index contributed by atoms with van der Waals surface area (Å²) in [6.07, 6.45) is 1.87. The van der Waals surface area contributed by atoms with Crippen LogP contribution in [0, 0.1) is 5.82 Å². The van der Waals surface area contributed by atoms with Crippen molar-refractivity contribution in [2.45, 2.75) is 6.54 Å². The lowest BCUT2D eigenvalue weighted by Crippen LogP contribution is -2.30. The maximum Gasteiger partial charge on any atom is 0.173 e. The molecule has 0 spiro atoms. The molecule has 4 nitrogen and oxygen atoms in total. The number of rotatable bonds is 3. The van der Waals surface area contributed by atoms with Crippen molar-refractivity contribution in [3.63, 3.8) is 0 Å². The molecule has 0 saturated heterocycles. The van der Waals surface area contributed by atoms with E-state index in [-0.39, 0.29) is 5.02 Å². The van der Waals surface area contributed by atoms with Crippen LogP contribution in [-0.2, 0) is 13.6 Å². The number of benzene rings is 1. The molecule has 0 fully saturated rings. The maximum atomic E-state index is 13.1. The number of halogens is 2. The first-order valence-electron chi connectivity index (χ1n) is 5.91. The minimum Gasteiger partial charge on any atom is -0.346 e. The molecule has 0 unspecified atom stereocenters. The molecule has 0 aliphatic carbocycles. The van der Waals surface area contributed by atoms with Gasteiger partial charge in [-0.3, -0.25) is 4.68 Å². The van der Waals surface area contributed by atoms with E-state index < -0.39 is 5.82 Å².